The highest BCUT2D eigenvalue weighted by Gasteiger charge is 2.64. The number of epoxide rings is 1. The van der Waals surface area contributed by atoms with Crippen molar-refractivity contribution in [3.8, 4) is 5.75 Å². The zero-order chi connectivity index (χ0) is 19.4. The lowest BCUT2D eigenvalue weighted by molar-refractivity contribution is -0.147. The van der Waals surface area contributed by atoms with Crippen LogP contribution in [-0.2, 0) is 20.8 Å². The molecular formula is C23H31NO4. The van der Waals surface area contributed by atoms with E-state index >= 15 is 0 Å². The third-order valence-electron chi connectivity index (χ3n) is 7.95. The van der Waals surface area contributed by atoms with Crippen LogP contribution >= 0.6 is 0 Å². The van der Waals surface area contributed by atoms with Crippen LogP contribution in [0.2, 0.25) is 0 Å². The maximum absolute atomic E-state index is 12.7. The van der Waals surface area contributed by atoms with Crippen molar-refractivity contribution in [2.45, 2.75) is 57.3 Å². The molecule has 1 N–H and O–H groups in total. The Bertz CT molecular complexity index is 761. The Morgan fingerprint density at radius 3 is 2.89 bits per heavy atom. The van der Waals surface area contributed by atoms with Gasteiger partial charge >= 0.3 is 5.97 Å². The number of hydrogen-bond acceptors (Lipinski definition) is 5. The third kappa shape index (κ3) is 2.94. The summed E-state index contributed by atoms with van der Waals surface area (Å²) >= 11 is 0. The normalized spacial score (nSPS) is 41.3. The number of esters is 1. The molecule has 2 saturated carbocycles. The van der Waals surface area contributed by atoms with Gasteiger partial charge in [0.15, 0.2) is 0 Å². The van der Waals surface area contributed by atoms with E-state index in [4.69, 9.17) is 14.2 Å². The zero-order valence-corrected chi connectivity index (χ0v) is 16.9. The van der Waals surface area contributed by atoms with Gasteiger partial charge in [0, 0.05) is 24.6 Å². The van der Waals surface area contributed by atoms with E-state index in [1.807, 2.05) is 18.2 Å². The molecule has 2 heterocycles. The fourth-order valence-electron chi connectivity index (χ4n) is 6.40. The average Bonchev–Trinajstić information content (AvgIpc) is 3.38. The molecule has 4 fully saturated rings. The Balaban J connectivity index is 1.27. The van der Waals surface area contributed by atoms with E-state index < -0.39 is 0 Å². The van der Waals surface area contributed by atoms with Crippen molar-refractivity contribution in [3.05, 3.63) is 29.8 Å². The van der Waals surface area contributed by atoms with Gasteiger partial charge in [-0.3, -0.25) is 4.79 Å². The Hall–Kier alpha value is -1.59. The first-order valence-corrected chi connectivity index (χ1v) is 10.7. The molecule has 5 rings (SSSR count). The number of benzene rings is 1. The summed E-state index contributed by atoms with van der Waals surface area (Å²) in [7, 11) is 1.69. The third-order valence-corrected chi connectivity index (χ3v) is 7.95. The highest BCUT2D eigenvalue weighted by Crippen LogP contribution is 2.62. The van der Waals surface area contributed by atoms with Crippen molar-refractivity contribution >= 4 is 5.97 Å². The van der Waals surface area contributed by atoms with Crippen LogP contribution in [0.25, 0.3) is 0 Å². The second kappa shape index (κ2) is 6.74. The van der Waals surface area contributed by atoms with Crippen LogP contribution in [0.5, 0.6) is 5.75 Å². The van der Waals surface area contributed by atoms with Crippen molar-refractivity contribution in [1.29, 1.82) is 0 Å². The topological polar surface area (TPSA) is 60.1 Å². The second-order valence-corrected chi connectivity index (χ2v) is 9.54. The highest BCUT2D eigenvalue weighted by molar-refractivity contribution is 5.75. The van der Waals surface area contributed by atoms with Crippen molar-refractivity contribution < 1.29 is 19.0 Å². The van der Waals surface area contributed by atoms with Gasteiger partial charge in [-0.15, -0.1) is 0 Å². The molecule has 5 heteroatoms. The van der Waals surface area contributed by atoms with E-state index in [9.17, 15) is 4.79 Å². The lowest BCUT2D eigenvalue weighted by Crippen LogP contribution is -2.51. The largest absolute Gasteiger partial charge is 0.496 e. The molecule has 2 aliphatic heterocycles. The Labute approximate surface area is 167 Å². The first-order chi connectivity index (χ1) is 13.5. The molecule has 0 amide bonds. The summed E-state index contributed by atoms with van der Waals surface area (Å²) in [6.07, 6.45) is 5.81. The summed E-state index contributed by atoms with van der Waals surface area (Å²) in [5.74, 6) is 1.69. The van der Waals surface area contributed by atoms with Crippen LogP contribution in [0.1, 0.15) is 44.6 Å². The van der Waals surface area contributed by atoms with Gasteiger partial charge in [0.25, 0.3) is 0 Å². The first kappa shape index (κ1) is 18.4. The zero-order valence-electron chi connectivity index (χ0n) is 16.9. The summed E-state index contributed by atoms with van der Waals surface area (Å²) in [6, 6.07) is 8.01. The molecule has 28 heavy (non-hydrogen) atoms. The van der Waals surface area contributed by atoms with Gasteiger partial charge in [0.05, 0.1) is 25.2 Å². The predicted octanol–water partition coefficient (Wildman–Crippen LogP) is 3.31. The molecule has 4 aliphatic rings. The van der Waals surface area contributed by atoms with Gasteiger partial charge in [-0.2, -0.15) is 0 Å². The standard InChI is InChI=1S/C23H31NO4/c1-22-8-5-9-23(14-27-23)20(22)10-16-17(21(25)28-19(16)11-22)13-24-12-15-6-3-4-7-18(15)26-2/h3-4,6-7,16-17,19-20,24H,5,8-14H2,1-2H3/t16-,17+,19+,20-,22+,23-/m0/s1. The van der Waals surface area contributed by atoms with Crippen LogP contribution in [0, 0.1) is 23.2 Å². The number of rotatable bonds is 5. The molecule has 0 aromatic heterocycles. The summed E-state index contributed by atoms with van der Waals surface area (Å²) in [5, 5.41) is 3.49. The summed E-state index contributed by atoms with van der Waals surface area (Å²) in [6.45, 7) is 4.67. The van der Waals surface area contributed by atoms with Crippen LogP contribution in [0.15, 0.2) is 24.3 Å². The van der Waals surface area contributed by atoms with Gasteiger partial charge in [0.1, 0.15) is 11.9 Å². The molecule has 1 aromatic carbocycles. The van der Waals surface area contributed by atoms with E-state index in [2.05, 4.69) is 18.3 Å². The van der Waals surface area contributed by atoms with Crippen molar-refractivity contribution in [1.82, 2.24) is 5.32 Å². The van der Waals surface area contributed by atoms with Gasteiger partial charge in [0.2, 0.25) is 0 Å². The molecule has 2 saturated heterocycles. The smallest absolute Gasteiger partial charge is 0.310 e. The molecule has 0 unspecified atom stereocenters. The van der Waals surface area contributed by atoms with Crippen molar-refractivity contribution in [2.24, 2.45) is 23.2 Å². The van der Waals surface area contributed by atoms with Crippen molar-refractivity contribution in [2.75, 3.05) is 20.3 Å². The van der Waals surface area contributed by atoms with E-state index in [1.165, 1.54) is 19.3 Å². The van der Waals surface area contributed by atoms with E-state index in [0.29, 0.717) is 24.9 Å². The summed E-state index contributed by atoms with van der Waals surface area (Å²) < 4.78 is 17.3. The molecule has 0 radical (unpaired) electrons. The van der Waals surface area contributed by atoms with Crippen molar-refractivity contribution in [3.63, 3.8) is 0 Å². The maximum Gasteiger partial charge on any atom is 0.310 e. The van der Waals surface area contributed by atoms with E-state index in [1.54, 1.807) is 7.11 Å². The SMILES string of the molecule is COc1ccccc1CNC[C@H]1C(=O)O[C@@H]2C[C@@]3(C)CCC[C@]4(CO4)[C@H]3C[C@H]21. The fourth-order valence-corrected chi connectivity index (χ4v) is 6.40. The number of methoxy groups -OCH3 is 1. The van der Waals surface area contributed by atoms with Gasteiger partial charge in [-0.1, -0.05) is 25.1 Å². The number of carbonyl (C=O) groups is 1. The quantitative estimate of drug-likeness (QED) is 0.622. The molecule has 6 atom stereocenters. The first-order valence-electron chi connectivity index (χ1n) is 10.7. The van der Waals surface area contributed by atoms with Gasteiger partial charge in [-0.25, -0.2) is 0 Å². The minimum Gasteiger partial charge on any atom is -0.496 e. The number of para-hydroxylation sites is 1. The van der Waals surface area contributed by atoms with Crippen LogP contribution in [0.3, 0.4) is 0 Å². The Morgan fingerprint density at radius 2 is 2.11 bits per heavy atom. The molecule has 1 spiro atoms. The second-order valence-electron chi connectivity index (χ2n) is 9.54. The molecule has 2 aliphatic carbocycles. The Morgan fingerprint density at radius 1 is 1.29 bits per heavy atom. The van der Waals surface area contributed by atoms with E-state index in [-0.39, 0.29) is 29.0 Å². The minimum absolute atomic E-state index is 0.0180. The molecular weight excluding hydrogens is 354 g/mol. The number of hydrogen-bond donors (Lipinski definition) is 1. The highest BCUT2D eigenvalue weighted by atomic mass is 16.6. The predicted molar refractivity (Wildman–Crippen MR) is 105 cm³/mol. The number of ether oxygens (including phenoxy) is 3. The maximum atomic E-state index is 12.7. The lowest BCUT2D eigenvalue weighted by Gasteiger charge is -2.51. The average molecular weight is 386 g/mol. The number of carbonyl (C=O) groups excluding carboxylic acids is 1. The van der Waals surface area contributed by atoms with Gasteiger partial charge in [-0.05, 0) is 49.5 Å². The van der Waals surface area contributed by atoms with Gasteiger partial charge < -0.3 is 19.5 Å². The molecule has 1 aromatic rings. The van der Waals surface area contributed by atoms with Crippen LogP contribution in [-0.4, -0.2) is 37.9 Å². The minimum atomic E-state index is -0.0537. The summed E-state index contributed by atoms with van der Waals surface area (Å²) in [5.41, 5.74) is 1.48. The fraction of sp³-hybridized carbons (Fsp3) is 0.696. The Kier molecular flexibility index (Phi) is 4.44. The number of nitrogens with one attached hydrogen (secondary N) is 1. The monoisotopic (exact) mass is 385 g/mol. The van der Waals surface area contributed by atoms with Crippen LogP contribution < -0.4 is 10.1 Å². The molecule has 5 nitrogen and oxygen atoms in total. The number of fused-ring (bicyclic) bond motifs is 3. The molecule has 152 valence electrons. The summed E-state index contributed by atoms with van der Waals surface area (Å²) in [4.78, 5) is 12.7. The molecule has 0 bridgehead atoms. The van der Waals surface area contributed by atoms with E-state index in [0.717, 1.165) is 30.8 Å². The van der Waals surface area contributed by atoms with Crippen LogP contribution in [0.4, 0.5) is 0 Å². The lowest BCUT2D eigenvalue weighted by atomic mass is 9.53.